The molecule has 1 amide bonds. The van der Waals surface area contributed by atoms with Gasteiger partial charge in [-0.2, -0.15) is 5.26 Å². The molecule has 0 saturated carbocycles. The Morgan fingerprint density at radius 2 is 2.09 bits per heavy atom. The van der Waals surface area contributed by atoms with Crippen LogP contribution in [0.1, 0.15) is 21.5 Å². The fourth-order valence-electron chi connectivity index (χ4n) is 1.83. The Bertz CT molecular complexity index is 781. The molecular weight excluding hydrogens is 286 g/mol. The molecule has 7 nitrogen and oxygen atoms in total. The van der Waals surface area contributed by atoms with Crippen molar-refractivity contribution in [1.82, 2.24) is 0 Å². The van der Waals surface area contributed by atoms with E-state index in [4.69, 9.17) is 15.7 Å². The van der Waals surface area contributed by atoms with Crippen molar-refractivity contribution in [3.8, 4) is 11.8 Å². The Kier molecular flexibility index (Phi) is 4.34. The molecule has 0 aromatic heterocycles. The third-order valence-electron chi connectivity index (χ3n) is 2.92. The van der Waals surface area contributed by atoms with Gasteiger partial charge in [-0.25, -0.2) is 0 Å². The van der Waals surface area contributed by atoms with Crippen molar-refractivity contribution in [3.05, 3.63) is 69.3 Å². The van der Waals surface area contributed by atoms with Gasteiger partial charge in [0.1, 0.15) is 12.4 Å². The number of carbonyl (C=O) groups excluding carboxylic acids is 1. The molecule has 22 heavy (non-hydrogen) atoms. The summed E-state index contributed by atoms with van der Waals surface area (Å²) in [6, 6.07) is 12.4. The zero-order valence-electron chi connectivity index (χ0n) is 11.4. The average Bonchev–Trinajstić information content (AvgIpc) is 2.52. The maximum absolute atomic E-state index is 11.1. The van der Waals surface area contributed by atoms with Crippen molar-refractivity contribution in [2.75, 3.05) is 0 Å². The number of nitro groups is 1. The number of rotatable bonds is 5. The van der Waals surface area contributed by atoms with Gasteiger partial charge in [-0.15, -0.1) is 0 Å². The van der Waals surface area contributed by atoms with Crippen molar-refractivity contribution in [2.45, 2.75) is 6.61 Å². The van der Waals surface area contributed by atoms with Crippen molar-refractivity contribution < 1.29 is 14.5 Å². The second kappa shape index (κ2) is 6.37. The van der Waals surface area contributed by atoms with Crippen LogP contribution >= 0.6 is 0 Å². The smallest absolute Gasteiger partial charge is 0.276 e. The first-order valence-corrected chi connectivity index (χ1v) is 6.21. The first-order chi connectivity index (χ1) is 10.5. The number of primary amides is 1. The fourth-order valence-corrected chi connectivity index (χ4v) is 1.83. The van der Waals surface area contributed by atoms with Gasteiger partial charge in [0.2, 0.25) is 5.91 Å². The molecule has 7 heteroatoms. The van der Waals surface area contributed by atoms with E-state index in [0.717, 1.165) is 6.07 Å². The highest BCUT2D eigenvalue weighted by atomic mass is 16.6. The van der Waals surface area contributed by atoms with Crippen LogP contribution in [0.25, 0.3) is 0 Å². The summed E-state index contributed by atoms with van der Waals surface area (Å²) in [6.45, 7) is -0.0652. The van der Waals surface area contributed by atoms with Crippen LogP contribution in [0.3, 0.4) is 0 Å². The van der Waals surface area contributed by atoms with Gasteiger partial charge in [0, 0.05) is 11.6 Å². The Labute approximate surface area is 125 Å². The Morgan fingerprint density at radius 1 is 1.32 bits per heavy atom. The van der Waals surface area contributed by atoms with Crippen LogP contribution in [0.4, 0.5) is 5.69 Å². The normalized spacial score (nSPS) is 9.77. The lowest BCUT2D eigenvalue weighted by Crippen LogP contribution is -2.12. The van der Waals surface area contributed by atoms with Crippen molar-refractivity contribution >= 4 is 11.6 Å². The van der Waals surface area contributed by atoms with Crippen LogP contribution in [0.15, 0.2) is 42.5 Å². The molecule has 0 unspecified atom stereocenters. The molecule has 2 aromatic rings. The predicted molar refractivity (Wildman–Crippen MR) is 77.1 cm³/mol. The standard InChI is InChI=1S/C15H11N3O4/c16-8-10-2-1-3-13(6-10)22-9-12-5-4-11(15(17)19)7-14(12)18(20)21/h1-7H,9H2,(H2,17,19). The first-order valence-electron chi connectivity index (χ1n) is 6.21. The minimum absolute atomic E-state index is 0.0573. The van der Waals surface area contributed by atoms with Crippen molar-refractivity contribution in [3.63, 3.8) is 0 Å². The third-order valence-corrected chi connectivity index (χ3v) is 2.92. The lowest BCUT2D eigenvalue weighted by molar-refractivity contribution is -0.385. The van der Waals surface area contributed by atoms with E-state index in [2.05, 4.69) is 0 Å². The molecule has 0 bridgehead atoms. The monoisotopic (exact) mass is 297 g/mol. The number of hydrogen-bond acceptors (Lipinski definition) is 5. The van der Waals surface area contributed by atoms with Crippen LogP contribution in [-0.4, -0.2) is 10.8 Å². The van der Waals surface area contributed by atoms with E-state index in [1.54, 1.807) is 18.2 Å². The molecule has 2 aromatic carbocycles. The summed E-state index contributed by atoms with van der Waals surface area (Å²) in [7, 11) is 0. The second-order valence-corrected chi connectivity index (χ2v) is 4.39. The fraction of sp³-hybridized carbons (Fsp3) is 0.0667. The van der Waals surface area contributed by atoms with E-state index in [9.17, 15) is 14.9 Å². The predicted octanol–water partition coefficient (Wildman–Crippen LogP) is 2.14. The molecule has 0 fully saturated rings. The number of ether oxygens (including phenoxy) is 1. The Balaban J connectivity index is 2.24. The van der Waals surface area contributed by atoms with Crippen molar-refractivity contribution in [2.24, 2.45) is 5.73 Å². The summed E-state index contributed by atoms with van der Waals surface area (Å²) in [5, 5.41) is 19.9. The van der Waals surface area contributed by atoms with Gasteiger partial charge in [-0.3, -0.25) is 14.9 Å². The average molecular weight is 297 g/mol. The topological polar surface area (TPSA) is 119 Å². The number of nitriles is 1. The lowest BCUT2D eigenvalue weighted by atomic mass is 10.1. The molecule has 0 aliphatic carbocycles. The van der Waals surface area contributed by atoms with Gasteiger partial charge < -0.3 is 10.5 Å². The van der Waals surface area contributed by atoms with E-state index in [-0.39, 0.29) is 17.9 Å². The summed E-state index contributed by atoms with van der Waals surface area (Å²) < 4.78 is 5.45. The van der Waals surface area contributed by atoms with Gasteiger partial charge in [-0.1, -0.05) is 6.07 Å². The number of benzene rings is 2. The highest BCUT2D eigenvalue weighted by Gasteiger charge is 2.17. The van der Waals surface area contributed by atoms with Crippen LogP contribution in [-0.2, 0) is 6.61 Å². The Morgan fingerprint density at radius 3 is 2.73 bits per heavy atom. The summed E-state index contributed by atoms with van der Waals surface area (Å²) >= 11 is 0. The molecule has 0 heterocycles. The van der Waals surface area contributed by atoms with Crippen LogP contribution in [0.5, 0.6) is 5.75 Å². The van der Waals surface area contributed by atoms with E-state index in [1.165, 1.54) is 18.2 Å². The number of carbonyl (C=O) groups is 1. The summed E-state index contributed by atoms with van der Waals surface area (Å²) in [4.78, 5) is 21.5. The molecule has 2 N–H and O–H groups in total. The molecule has 0 spiro atoms. The maximum Gasteiger partial charge on any atom is 0.276 e. The molecule has 2 rings (SSSR count). The molecule has 0 radical (unpaired) electrons. The molecule has 0 atom stereocenters. The minimum Gasteiger partial charge on any atom is -0.489 e. The van der Waals surface area contributed by atoms with E-state index in [1.807, 2.05) is 6.07 Å². The van der Waals surface area contributed by atoms with E-state index >= 15 is 0 Å². The summed E-state index contributed by atoms with van der Waals surface area (Å²) in [6.07, 6.45) is 0. The van der Waals surface area contributed by atoms with Gasteiger partial charge in [0.05, 0.1) is 22.1 Å². The Hall–Kier alpha value is -3.40. The molecule has 110 valence electrons. The minimum atomic E-state index is -0.739. The van der Waals surface area contributed by atoms with Crippen LogP contribution < -0.4 is 10.5 Å². The zero-order valence-corrected chi connectivity index (χ0v) is 11.4. The number of nitrogens with two attached hydrogens (primary N) is 1. The summed E-state index contributed by atoms with van der Waals surface area (Å²) in [5.41, 5.74) is 5.65. The highest BCUT2D eigenvalue weighted by molar-refractivity contribution is 5.93. The molecular formula is C15H11N3O4. The number of nitrogens with zero attached hydrogens (tertiary/aromatic N) is 2. The lowest BCUT2D eigenvalue weighted by Gasteiger charge is -2.08. The second-order valence-electron chi connectivity index (χ2n) is 4.39. The number of amides is 1. The van der Waals surface area contributed by atoms with Crippen LogP contribution in [0, 0.1) is 21.4 Å². The third kappa shape index (κ3) is 3.37. The van der Waals surface area contributed by atoms with Gasteiger partial charge >= 0.3 is 0 Å². The van der Waals surface area contributed by atoms with Crippen LogP contribution in [0.2, 0.25) is 0 Å². The zero-order chi connectivity index (χ0) is 16.1. The maximum atomic E-state index is 11.1. The summed E-state index contributed by atoms with van der Waals surface area (Å²) in [5.74, 6) is -0.315. The van der Waals surface area contributed by atoms with Gasteiger partial charge in [-0.05, 0) is 30.3 Å². The van der Waals surface area contributed by atoms with E-state index in [0.29, 0.717) is 16.9 Å². The molecule has 0 aliphatic heterocycles. The molecule has 0 saturated heterocycles. The molecule has 0 aliphatic rings. The van der Waals surface area contributed by atoms with Crippen molar-refractivity contribution in [1.29, 1.82) is 5.26 Å². The quantitative estimate of drug-likeness (QED) is 0.669. The van der Waals surface area contributed by atoms with Gasteiger partial charge in [0.25, 0.3) is 5.69 Å². The van der Waals surface area contributed by atoms with E-state index < -0.39 is 10.8 Å². The number of hydrogen-bond donors (Lipinski definition) is 1. The largest absolute Gasteiger partial charge is 0.489 e. The highest BCUT2D eigenvalue weighted by Crippen LogP contribution is 2.22. The number of nitro benzene ring substituents is 1. The SMILES string of the molecule is N#Cc1cccc(OCc2ccc(C(N)=O)cc2[N+](=O)[O-])c1. The first kappa shape index (κ1) is 15.0. The van der Waals surface area contributed by atoms with Gasteiger partial charge in [0.15, 0.2) is 0 Å².